The molecule has 0 nitrogen and oxygen atoms in total. The van der Waals surface area contributed by atoms with E-state index in [0.29, 0.717) is 0 Å². The van der Waals surface area contributed by atoms with Crippen LogP contribution in [-0.2, 0) is 0 Å². The molecule has 0 aliphatic rings. The molecule has 0 spiro atoms. The molecule has 0 saturated heterocycles. The third-order valence-electron chi connectivity index (χ3n) is 0.308. The molecule has 4 heteroatoms. The zero-order valence-electron chi connectivity index (χ0n) is 3.22. The van der Waals surface area contributed by atoms with Gasteiger partial charge in [0.1, 0.15) is 0 Å². The van der Waals surface area contributed by atoms with Gasteiger partial charge in [0.15, 0.2) is 5.83 Å². The molecule has 0 atom stereocenters. The van der Waals surface area contributed by atoms with Crippen LogP contribution >= 0.6 is 0 Å². The number of hydrogen-bond donors (Lipinski definition) is 0. The molecule has 0 rings (SSSR count). The molecule has 8 heavy (non-hydrogen) atoms. The maximum absolute atomic E-state index is 10.9. The van der Waals surface area contributed by atoms with Gasteiger partial charge in [-0.15, -0.1) is 0 Å². The molecule has 0 fully saturated rings. The minimum absolute atomic E-state index is 0. The molecule has 0 unspecified atom stereocenters. The maximum atomic E-state index is 10.9. The minimum atomic E-state index is -4.86. The SMILES string of the molecule is C.C=C(F)C(F)(F)F. The van der Waals surface area contributed by atoms with Crippen LogP contribution in [0.5, 0.6) is 0 Å². The summed E-state index contributed by atoms with van der Waals surface area (Å²) in [5.41, 5.74) is 0. The molecule has 0 aromatic carbocycles. The Balaban J connectivity index is 0. The molecule has 0 aliphatic carbocycles. The summed E-state index contributed by atoms with van der Waals surface area (Å²) in [7, 11) is 0. The Labute approximate surface area is 44.8 Å². The lowest BCUT2D eigenvalue weighted by atomic mass is 10.6. The molecule has 0 N–H and O–H groups in total. The Morgan fingerprint density at radius 3 is 1.38 bits per heavy atom. The van der Waals surface area contributed by atoms with Crippen molar-refractivity contribution in [3.8, 4) is 0 Å². The van der Waals surface area contributed by atoms with Crippen LogP contribution in [0.1, 0.15) is 7.43 Å². The van der Waals surface area contributed by atoms with Gasteiger partial charge < -0.3 is 0 Å². The van der Waals surface area contributed by atoms with Crippen molar-refractivity contribution in [3.05, 3.63) is 12.4 Å². The number of allylic oxidation sites excluding steroid dienone is 1. The molecule has 0 heterocycles. The lowest BCUT2D eigenvalue weighted by molar-refractivity contribution is -0.108. The Morgan fingerprint density at radius 1 is 1.25 bits per heavy atom. The predicted molar refractivity (Wildman–Crippen MR) is 23.0 cm³/mol. The summed E-state index contributed by atoms with van der Waals surface area (Å²) in [6, 6.07) is 0. The van der Waals surface area contributed by atoms with Crippen molar-refractivity contribution in [1.29, 1.82) is 0 Å². The van der Waals surface area contributed by atoms with Gasteiger partial charge in [-0.05, 0) is 0 Å². The van der Waals surface area contributed by atoms with Gasteiger partial charge in [0.2, 0.25) is 0 Å². The van der Waals surface area contributed by atoms with Crippen molar-refractivity contribution in [2.24, 2.45) is 0 Å². The Morgan fingerprint density at radius 2 is 1.38 bits per heavy atom. The van der Waals surface area contributed by atoms with Gasteiger partial charge in [0.05, 0.1) is 0 Å². The monoisotopic (exact) mass is 130 g/mol. The summed E-state index contributed by atoms with van der Waals surface area (Å²) in [4.78, 5) is 0. The molecule has 0 aliphatic heterocycles. The van der Waals surface area contributed by atoms with Gasteiger partial charge in [-0.25, -0.2) is 4.39 Å². The molecule has 0 amide bonds. The molecule has 0 bridgehead atoms. The fraction of sp³-hybridized carbons (Fsp3) is 0.500. The first-order valence-electron chi connectivity index (χ1n) is 1.36. The Bertz CT molecular complexity index is 80.5. The van der Waals surface area contributed by atoms with Crippen LogP contribution in [-0.4, -0.2) is 6.18 Å². The molecular formula is C4H6F4. The van der Waals surface area contributed by atoms with Crippen molar-refractivity contribution in [3.63, 3.8) is 0 Å². The van der Waals surface area contributed by atoms with E-state index in [1.54, 1.807) is 0 Å². The summed E-state index contributed by atoms with van der Waals surface area (Å²) in [6.07, 6.45) is -4.86. The van der Waals surface area contributed by atoms with Crippen molar-refractivity contribution in [2.45, 2.75) is 13.6 Å². The fourth-order valence-electron chi connectivity index (χ4n) is 0. The van der Waals surface area contributed by atoms with Gasteiger partial charge in [0, 0.05) is 0 Å². The quantitative estimate of drug-likeness (QED) is 0.442. The highest BCUT2D eigenvalue weighted by atomic mass is 19.4. The van der Waals surface area contributed by atoms with Crippen LogP contribution in [0.15, 0.2) is 12.4 Å². The van der Waals surface area contributed by atoms with E-state index < -0.39 is 12.0 Å². The maximum Gasteiger partial charge on any atom is 0.442 e. The molecule has 0 radical (unpaired) electrons. The standard InChI is InChI=1S/C3H2F4.CH4/c1-2(4)3(5,6)7;/h1H2;1H4. The summed E-state index contributed by atoms with van der Waals surface area (Å²) >= 11 is 0. The topological polar surface area (TPSA) is 0 Å². The minimum Gasteiger partial charge on any atom is -0.202 e. The Kier molecular flexibility index (Phi) is 3.51. The number of halogens is 4. The largest absolute Gasteiger partial charge is 0.442 e. The van der Waals surface area contributed by atoms with Gasteiger partial charge in [-0.2, -0.15) is 13.2 Å². The Hall–Kier alpha value is -0.540. The van der Waals surface area contributed by atoms with E-state index in [0.717, 1.165) is 0 Å². The second kappa shape index (κ2) is 2.69. The van der Waals surface area contributed by atoms with E-state index in [9.17, 15) is 17.6 Å². The molecular weight excluding hydrogens is 124 g/mol. The lowest BCUT2D eigenvalue weighted by Gasteiger charge is -1.97. The zero-order valence-corrected chi connectivity index (χ0v) is 3.22. The highest BCUT2D eigenvalue weighted by molar-refractivity contribution is 4.88. The van der Waals surface area contributed by atoms with Crippen LogP contribution in [0.3, 0.4) is 0 Å². The first-order chi connectivity index (χ1) is 2.94. The van der Waals surface area contributed by atoms with Crippen molar-refractivity contribution in [2.75, 3.05) is 0 Å². The second-order valence-corrected chi connectivity index (χ2v) is 0.903. The average molecular weight is 130 g/mol. The molecule has 50 valence electrons. The van der Waals surface area contributed by atoms with Crippen LogP contribution in [0.4, 0.5) is 17.6 Å². The van der Waals surface area contributed by atoms with Crippen LogP contribution < -0.4 is 0 Å². The number of hydrogen-bond acceptors (Lipinski definition) is 0. The molecule has 0 aromatic rings. The molecule has 0 aromatic heterocycles. The van der Waals surface area contributed by atoms with Crippen LogP contribution in [0.2, 0.25) is 0 Å². The van der Waals surface area contributed by atoms with E-state index in [1.807, 2.05) is 6.58 Å². The van der Waals surface area contributed by atoms with Crippen LogP contribution in [0, 0.1) is 0 Å². The van der Waals surface area contributed by atoms with Crippen molar-refractivity contribution in [1.82, 2.24) is 0 Å². The summed E-state index contributed by atoms with van der Waals surface area (Å²) < 4.78 is 43.0. The van der Waals surface area contributed by atoms with Gasteiger partial charge in [0.25, 0.3) is 0 Å². The third-order valence-corrected chi connectivity index (χ3v) is 0.308. The van der Waals surface area contributed by atoms with E-state index in [2.05, 4.69) is 0 Å². The van der Waals surface area contributed by atoms with Gasteiger partial charge in [-0.3, -0.25) is 0 Å². The van der Waals surface area contributed by atoms with E-state index in [-0.39, 0.29) is 7.43 Å². The smallest absolute Gasteiger partial charge is 0.202 e. The van der Waals surface area contributed by atoms with E-state index >= 15 is 0 Å². The third kappa shape index (κ3) is 3.64. The van der Waals surface area contributed by atoms with Gasteiger partial charge in [-0.1, -0.05) is 14.0 Å². The predicted octanol–water partition coefficient (Wildman–Crippen LogP) is 2.67. The highest BCUT2D eigenvalue weighted by Gasteiger charge is 2.32. The number of alkyl halides is 3. The lowest BCUT2D eigenvalue weighted by Crippen LogP contribution is -2.05. The second-order valence-electron chi connectivity index (χ2n) is 0.903. The van der Waals surface area contributed by atoms with Crippen LogP contribution in [0.25, 0.3) is 0 Å². The molecule has 0 saturated carbocycles. The van der Waals surface area contributed by atoms with Gasteiger partial charge >= 0.3 is 6.18 Å². The fourth-order valence-corrected chi connectivity index (χ4v) is 0. The number of rotatable bonds is 0. The highest BCUT2D eigenvalue weighted by Crippen LogP contribution is 2.23. The summed E-state index contributed by atoms with van der Waals surface area (Å²) in [5, 5.41) is 0. The summed E-state index contributed by atoms with van der Waals surface area (Å²) in [5.74, 6) is -2.26. The average Bonchev–Trinajstić information content (AvgIpc) is 1.31. The summed E-state index contributed by atoms with van der Waals surface area (Å²) in [6.45, 7) is 2.03. The first kappa shape index (κ1) is 10.4. The van der Waals surface area contributed by atoms with Crippen molar-refractivity contribution >= 4 is 0 Å². The van der Waals surface area contributed by atoms with E-state index in [1.165, 1.54) is 0 Å². The zero-order chi connectivity index (χ0) is 6.08. The van der Waals surface area contributed by atoms with Crippen molar-refractivity contribution < 1.29 is 17.6 Å². The van der Waals surface area contributed by atoms with E-state index in [4.69, 9.17) is 0 Å². The first-order valence-corrected chi connectivity index (χ1v) is 1.36. The normalized spacial score (nSPS) is 10.0.